The van der Waals surface area contributed by atoms with Crippen LogP contribution in [0, 0.1) is 21.3 Å². The molecule has 0 saturated carbocycles. The minimum atomic E-state index is -1.09. The average molecular weight is 643 g/mol. The number of hydrogen-bond acceptors (Lipinski definition) is 9. The summed E-state index contributed by atoms with van der Waals surface area (Å²) in [5.41, 5.74) is 2.62. The van der Waals surface area contributed by atoms with Gasteiger partial charge in [0.15, 0.2) is 11.5 Å². The first-order chi connectivity index (χ1) is 18.1. The summed E-state index contributed by atoms with van der Waals surface area (Å²) in [5, 5.41) is 41.7. The summed E-state index contributed by atoms with van der Waals surface area (Å²) in [5.74, 6) is -3.93. The highest BCUT2D eigenvalue weighted by Crippen LogP contribution is 2.46. The Balaban J connectivity index is 1.87. The maximum absolute atomic E-state index is 13.0. The Morgan fingerprint density at radius 1 is 1.21 bits per heavy atom. The smallest absolute Gasteiger partial charge is 0.423 e. The summed E-state index contributed by atoms with van der Waals surface area (Å²) in [7, 11) is 2.55. The number of methoxy groups -OCH3 is 2. The van der Waals surface area contributed by atoms with Crippen LogP contribution in [0.15, 0.2) is 28.9 Å². The molecule has 3 rings (SSSR count). The predicted octanol–water partition coefficient (Wildman–Crippen LogP) is 3.00. The van der Waals surface area contributed by atoms with Crippen LogP contribution in [-0.2, 0) is 14.3 Å². The standard InChI is InChI=1S/C27H34INO9/c1-4-5-14(8-15-9-19(28)24(33)21(10-15)37-2)6-7-20(32)22-16(12-30)11-17-23(18(22)13-31)26(35)29(25(17)34)27(36)38-3/h8-10,17-18,20,23,30-33H,4-7,11-13H2,1-3H3/b14-8+/t17-,18+,20-,23-/m1/s1. The summed E-state index contributed by atoms with van der Waals surface area (Å²) < 4.78 is 10.5. The number of aliphatic hydroxyl groups is 3. The molecule has 0 aromatic heterocycles. The second-order valence-corrected chi connectivity index (χ2v) is 10.6. The summed E-state index contributed by atoms with van der Waals surface area (Å²) in [6, 6.07) is 3.56. The number of allylic oxidation sites excluding steroid dienone is 1. The molecular weight excluding hydrogens is 609 g/mol. The van der Waals surface area contributed by atoms with Gasteiger partial charge in [0.2, 0.25) is 11.8 Å². The molecule has 0 radical (unpaired) electrons. The number of nitrogens with zero attached hydrogens (tertiary/aromatic N) is 1. The summed E-state index contributed by atoms with van der Waals surface area (Å²) in [4.78, 5) is 38.4. The number of carbonyl (C=O) groups is 3. The van der Waals surface area contributed by atoms with Gasteiger partial charge in [-0.25, -0.2) is 4.79 Å². The molecular formula is C27H34INO9. The Bertz CT molecular complexity index is 1150. The lowest BCUT2D eigenvalue weighted by Crippen LogP contribution is -2.40. The molecule has 4 N–H and O–H groups in total. The van der Waals surface area contributed by atoms with Gasteiger partial charge in [0, 0.05) is 5.92 Å². The van der Waals surface area contributed by atoms with Crippen molar-refractivity contribution in [1.29, 1.82) is 0 Å². The largest absolute Gasteiger partial charge is 0.504 e. The van der Waals surface area contributed by atoms with Crippen molar-refractivity contribution in [1.82, 2.24) is 4.90 Å². The maximum atomic E-state index is 13.0. The molecule has 1 aliphatic heterocycles. The molecule has 1 fully saturated rings. The van der Waals surface area contributed by atoms with Gasteiger partial charge in [-0.3, -0.25) is 9.59 Å². The molecule has 1 aromatic carbocycles. The molecule has 4 atom stereocenters. The van der Waals surface area contributed by atoms with Crippen molar-refractivity contribution >= 4 is 46.6 Å². The van der Waals surface area contributed by atoms with E-state index in [0.29, 0.717) is 31.8 Å². The molecule has 10 nitrogen and oxygen atoms in total. The van der Waals surface area contributed by atoms with Gasteiger partial charge >= 0.3 is 6.09 Å². The van der Waals surface area contributed by atoms with E-state index in [9.17, 15) is 34.8 Å². The van der Waals surface area contributed by atoms with Gasteiger partial charge in [-0.15, -0.1) is 0 Å². The number of phenols is 1. The zero-order valence-corrected chi connectivity index (χ0v) is 23.8. The van der Waals surface area contributed by atoms with Crippen LogP contribution >= 0.6 is 22.6 Å². The van der Waals surface area contributed by atoms with Crippen molar-refractivity contribution in [2.24, 2.45) is 17.8 Å². The van der Waals surface area contributed by atoms with Gasteiger partial charge in [0.1, 0.15) is 0 Å². The van der Waals surface area contributed by atoms with Crippen LogP contribution < -0.4 is 4.74 Å². The number of aliphatic hydroxyl groups excluding tert-OH is 3. The first-order valence-corrected chi connectivity index (χ1v) is 13.5. The van der Waals surface area contributed by atoms with Crippen molar-refractivity contribution in [2.75, 3.05) is 27.4 Å². The van der Waals surface area contributed by atoms with Crippen LogP contribution in [0.2, 0.25) is 0 Å². The van der Waals surface area contributed by atoms with Crippen LogP contribution in [0.5, 0.6) is 11.5 Å². The molecule has 1 aromatic rings. The fourth-order valence-electron chi connectivity index (χ4n) is 5.51. The van der Waals surface area contributed by atoms with Gasteiger partial charge in [0.25, 0.3) is 0 Å². The third-order valence-corrected chi connectivity index (χ3v) is 8.06. The molecule has 2 aliphatic rings. The lowest BCUT2D eigenvalue weighted by molar-refractivity contribution is -0.137. The number of carbonyl (C=O) groups excluding carboxylic acids is 3. The summed E-state index contributed by atoms with van der Waals surface area (Å²) in [6.45, 7) is 1.06. The van der Waals surface area contributed by atoms with Gasteiger partial charge in [-0.05, 0) is 77.1 Å². The number of aromatic hydroxyl groups is 1. The molecule has 38 heavy (non-hydrogen) atoms. The number of ether oxygens (including phenoxy) is 2. The zero-order chi connectivity index (χ0) is 28.1. The third kappa shape index (κ3) is 5.90. The molecule has 3 amide bonds. The molecule has 0 bridgehead atoms. The Hall–Kier alpha value is -2.48. The van der Waals surface area contributed by atoms with E-state index in [4.69, 9.17) is 4.74 Å². The van der Waals surface area contributed by atoms with Crippen LogP contribution in [0.25, 0.3) is 6.08 Å². The Labute approximate surface area is 235 Å². The predicted molar refractivity (Wildman–Crippen MR) is 146 cm³/mol. The third-order valence-electron chi connectivity index (χ3n) is 7.24. The summed E-state index contributed by atoms with van der Waals surface area (Å²) >= 11 is 2.03. The molecule has 11 heteroatoms. The molecule has 1 aliphatic carbocycles. The number of benzene rings is 1. The van der Waals surface area contributed by atoms with Gasteiger partial charge < -0.3 is 29.9 Å². The maximum Gasteiger partial charge on any atom is 0.423 e. The molecule has 208 valence electrons. The Morgan fingerprint density at radius 2 is 1.92 bits per heavy atom. The van der Waals surface area contributed by atoms with E-state index in [1.807, 2.05) is 41.7 Å². The molecule has 1 heterocycles. The number of phenolic OH excluding ortho intramolecular Hbond substituents is 1. The molecule has 0 spiro atoms. The van der Waals surface area contributed by atoms with E-state index in [1.165, 1.54) is 7.11 Å². The highest BCUT2D eigenvalue weighted by atomic mass is 127. The van der Waals surface area contributed by atoms with E-state index >= 15 is 0 Å². The van der Waals surface area contributed by atoms with E-state index < -0.39 is 55.0 Å². The quantitative estimate of drug-likeness (QED) is 0.171. The molecule has 0 unspecified atom stereocenters. The number of likely N-dealkylation sites (tertiary alicyclic amines) is 1. The van der Waals surface area contributed by atoms with E-state index in [-0.39, 0.29) is 18.6 Å². The van der Waals surface area contributed by atoms with Crippen molar-refractivity contribution in [3.8, 4) is 11.5 Å². The van der Waals surface area contributed by atoms with Crippen molar-refractivity contribution in [3.63, 3.8) is 0 Å². The molecule has 1 saturated heterocycles. The van der Waals surface area contributed by atoms with E-state index in [0.717, 1.165) is 31.1 Å². The number of hydrogen-bond donors (Lipinski definition) is 4. The fourth-order valence-corrected chi connectivity index (χ4v) is 6.14. The van der Waals surface area contributed by atoms with Crippen LogP contribution in [0.4, 0.5) is 4.79 Å². The van der Waals surface area contributed by atoms with Crippen LogP contribution in [0.1, 0.15) is 44.6 Å². The normalized spacial score (nSPS) is 22.6. The first kappa shape index (κ1) is 30.1. The number of imide groups is 3. The van der Waals surface area contributed by atoms with Gasteiger partial charge in [0.05, 0.1) is 48.9 Å². The minimum absolute atomic E-state index is 0.00548. The SMILES string of the molecule is CCC/C(=C\c1cc(I)c(O)c(OC)c1)CC[C@@H](O)C1=C(CO)C[C@H]2C(=O)N(C(=O)OC)C(=O)[C@H]2[C@H]1CO. The second-order valence-electron chi connectivity index (χ2n) is 9.49. The zero-order valence-electron chi connectivity index (χ0n) is 21.6. The fraction of sp³-hybridized carbons (Fsp3) is 0.519. The summed E-state index contributed by atoms with van der Waals surface area (Å²) in [6.07, 6.45) is 2.18. The van der Waals surface area contributed by atoms with Gasteiger partial charge in [-0.2, -0.15) is 4.90 Å². The Morgan fingerprint density at radius 3 is 2.50 bits per heavy atom. The second kappa shape index (κ2) is 13.0. The van der Waals surface area contributed by atoms with Crippen molar-refractivity contribution in [3.05, 3.63) is 38.0 Å². The number of fused-ring (bicyclic) bond motifs is 1. The average Bonchev–Trinajstić information content (AvgIpc) is 3.16. The van der Waals surface area contributed by atoms with E-state index in [2.05, 4.69) is 4.74 Å². The number of rotatable bonds is 10. The first-order valence-electron chi connectivity index (χ1n) is 12.5. The lowest BCUT2D eigenvalue weighted by atomic mass is 9.68. The van der Waals surface area contributed by atoms with Crippen LogP contribution in [-0.4, -0.2) is 76.8 Å². The van der Waals surface area contributed by atoms with Crippen LogP contribution in [0.3, 0.4) is 0 Å². The van der Waals surface area contributed by atoms with Crippen molar-refractivity contribution < 1.29 is 44.3 Å². The van der Waals surface area contributed by atoms with Crippen molar-refractivity contribution in [2.45, 2.75) is 45.1 Å². The highest BCUT2D eigenvalue weighted by molar-refractivity contribution is 14.1. The van der Waals surface area contributed by atoms with Gasteiger partial charge in [-0.1, -0.05) is 25.0 Å². The van der Waals surface area contributed by atoms with E-state index in [1.54, 1.807) is 6.07 Å². The highest BCUT2D eigenvalue weighted by Gasteiger charge is 2.57. The Kier molecular flexibility index (Phi) is 10.3. The number of amides is 3. The minimum Gasteiger partial charge on any atom is -0.504 e. The monoisotopic (exact) mass is 643 g/mol. The lowest BCUT2D eigenvalue weighted by Gasteiger charge is -2.36. The number of halogens is 1. The topological polar surface area (TPSA) is 154 Å².